The highest BCUT2D eigenvalue weighted by Gasteiger charge is 2.07. The highest BCUT2D eigenvalue weighted by molar-refractivity contribution is 14.1. The molecule has 0 aliphatic carbocycles. The first-order valence-electron chi connectivity index (χ1n) is 5.73. The summed E-state index contributed by atoms with van der Waals surface area (Å²) in [6.45, 7) is 0.122. The van der Waals surface area contributed by atoms with E-state index in [1.807, 2.05) is 24.3 Å². The minimum Gasteiger partial charge on any atom is -0.396 e. The fourth-order valence-corrected chi connectivity index (χ4v) is 2.07. The number of aromatic nitrogens is 3. The van der Waals surface area contributed by atoms with Crippen LogP contribution in [0.1, 0.15) is 5.69 Å². The minimum atomic E-state index is -0.162. The maximum atomic E-state index is 11.8. The highest BCUT2D eigenvalue weighted by atomic mass is 127. The molecule has 1 aromatic carbocycles. The number of carbonyl (C=O) groups is 1. The second-order valence-electron chi connectivity index (χ2n) is 3.91. The van der Waals surface area contributed by atoms with E-state index < -0.39 is 0 Å². The van der Waals surface area contributed by atoms with Gasteiger partial charge in [-0.1, -0.05) is 17.3 Å². The third-order valence-corrected chi connectivity index (χ3v) is 3.35. The van der Waals surface area contributed by atoms with Crippen LogP contribution in [0, 0.1) is 3.57 Å². The minimum absolute atomic E-state index is 0.0209. The maximum absolute atomic E-state index is 11.8. The van der Waals surface area contributed by atoms with Crippen LogP contribution in [0.2, 0.25) is 0 Å². The Kier molecular flexibility index (Phi) is 4.86. The van der Waals surface area contributed by atoms with Crippen LogP contribution in [-0.2, 0) is 17.8 Å². The number of anilines is 1. The summed E-state index contributed by atoms with van der Waals surface area (Å²) in [5, 5.41) is 19.3. The lowest BCUT2D eigenvalue weighted by molar-refractivity contribution is -0.116. The van der Waals surface area contributed by atoms with Crippen molar-refractivity contribution in [3.05, 3.63) is 39.7 Å². The summed E-state index contributed by atoms with van der Waals surface area (Å²) >= 11 is 2.16. The molecule has 0 aliphatic heterocycles. The summed E-state index contributed by atoms with van der Waals surface area (Å²) in [7, 11) is 0. The first kappa shape index (κ1) is 13.9. The van der Waals surface area contributed by atoms with Crippen molar-refractivity contribution in [3.8, 4) is 0 Å². The van der Waals surface area contributed by atoms with Gasteiger partial charge >= 0.3 is 0 Å². The smallest absolute Gasteiger partial charge is 0.246 e. The lowest BCUT2D eigenvalue weighted by atomic mass is 10.3. The van der Waals surface area contributed by atoms with E-state index in [4.69, 9.17) is 5.11 Å². The van der Waals surface area contributed by atoms with E-state index in [1.54, 1.807) is 6.20 Å². The third-order valence-electron chi connectivity index (χ3n) is 2.41. The van der Waals surface area contributed by atoms with Crippen LogP contribution in [0.3, 0.4) is 0 Å². The number of nitrogens with one attached hydrogen (secondary N) is 1. The van der Waals surface area contributed by atoms with Crippen LogP contribution in [-0.4, -0.2) is 32.6 Å². The standard InChI is InChI=1S/C12H13IN4O2/c13-10-3-1-2-4-11(10)14-12(19)8-17-7-9(5-6-18)15-16-17/h1-4,7,18H,5-6,8H2,(H,14,19). The number of nitrogens with zero attached hydrogens (tertiary/aromatic N) is 3. The molecule has 0 spiro atoms. The van der Waals surface area contributed by atoms with E-state index in [1.165, 1.54) is 4.68 Å². The van der Waals surface area contributed by atoms with Crippen LogP contribution in [0.25, 0.3) is 0 Å². The summed E-state index contributed by atoms with van der Waals surface area (Å²) in [4.78, 5) is 11.8. The molecule has 0 aliphatic rings. The predicted molar refractivity (Wildman–Crippen MR) is 78.6 cm³/mol. The molecule has 0 saturated heterocycles. The molecule has 1 heterocycles. The van der Waals surface area contributed by atoms with E-state index >= 15 is 0 Å². The Morgan fingerprint density at radius 2 is 2.21 bits per heavy atom. The number of aliphatic hydroxyl groups is 1. The number of amides is 1. The Hall–Kier alpha value is -1.48. The maximum Gasteiger partial charge on any atom is 0.246 e. The molecule has 2 rings (SSSR count). The molecule has 0 saturated carbocycles. The van der Waals surface area contributed by atoms with Crippen LogP contribution in [0.5, 0.6) is 0 Å². The summed E-state index contributed by atoms with van der Waals surface area (Å²) in [6.07, 6.45) is 2.10. The number of rotatable bonds is 5. The van der Waals surface area contributed by atoms with Gasteiger partial charge in [0.05, 0.1) is 11.4 Å². The lowest BCUT2D eigenvalue weighted by Crippen LogP contribution is -2.19. The van der Waals surface area contributed by atoms with Crippen molar-refractivity contribution in [2.45, 2.75) is 13.0 Å². The Morgan fingerprint density at radius 1 is 1.42 bits per heavy atom. The van der Waals surface area contributed by atoms with Gasteiger partial charge in [-0.3, -0.25) is 4.79 Å². The summed E-state index contributed by atoms with van der Waals surface area (Å²) in [5.74, 6) is -0.162. The molecule has 0 bridgehead atoms. The van der Waals surface area contributed by atoms with Gasteiger partial charge in [0.25, 0.3) is 0 Å². The number of para-hydroxylation sites is 1. The number of benzene rings is 1. The molecule has 7 heteroatoms. The Morgan fingerprint density at radius 3 is 2.95 bits per heavy atom. The van der Waals surface area contributed by atoms with Crippen molar-refractivity contribution in [2.75, 3.05) is 11.9 Å². The number of hydrogen-bond acceptors (Lipinski definition) is 4. The Labute approximate surface area is 124 Å². The van der Waals surface area contributed by atoms with Gasteiger partial charge in [0.15, 0.2) is 0 Å². The van der Waals surface area contributed by atoms with E-state index in [0.29, 0.717) is 12.1 Å². The molecule has 0 fully saturated rings. The SMILES string of the molecule is O=C(Cn1cc(CCO)nn1)Nc1ccccc1I. The molecule has 1 aromatic heterocycles. The molecule has 2 N–H and O–H groups in total. The second-order valence-corrected chi connectivity index (χ2v) is 5.07. The number of hydrogen-bond donors (Lipinski definition) is 2. The monoisotopic (exact) mass is 372 g/mol. The molecular formula is C12H13IN4O2. The molecule has 0 atom stereocenters. The van der Waals surface area contributed by atoms with Crippen LogP contribution in [0.15, 0.2) is 30.5 Å². The highest BCUT2D eigenvalue weighted by Crippen LogP contribution is 2.16. The van der Waals surface area contributed by atoms with Crippen LogP contribution < -0.4 is 5.32 Å². The van der Waals surface area contributed by atoms with Crippen molar-refractivity contribution >= 4 is 34.2 Å². The molecule has 1 amide bonds. The Balaban J connectivity index is 1.95. The normalized spacial score (nSPS) is 10.4. The largest absolute Gasteiger partial charge is 0.396 e. The lowest BCUT2D eigenvalue weighted by Gasteiger charge is -2.06. The molecule has 0 radical (unpaired) electrons. The number of carbonyl (C=O) groups excluding carboxylic acids is 1. The van der Waals surface area contributed by atoms with Gasteiger partial charge in [-0.2, -0.15) is 0 Å². The second kappa shape index (κ2) is 6.62. The fourth-order valence-electron chi connectivity index (χ4n) is 1.54. The zero-order chi connectivity index (χ0) is 13.7. The van der Waals surface area contributed by atoms with Crippen molar-refractivity contribution in [3.63, 3.8) is 0 Å². The van der Waals surface area contributed by atoms with Gasteiger partial charge in [0, 0.05) is 22.8 Å². The van der Waals surface area contributed by atoms with Gasteiger partial charge in [-0.25, -0.2) is 4.68 Å². The van der Waals surface area contributed by atoms with E-state index in [0.717, 1.165) is 9.26 Å². The molecule has 19 heavy (non-hydrogen) atoms. The average molecular weight is 372 g/mol. The quantitative estimate of drug-likeness (QED) is 0.770. The van der Waals surface area contributed by atoms with Crippen molar-refractivity contribution in [1.29, 1.82) is 0 Å². The molecule has 0 unspecified atom stereocenters. The summed E-state index contributed by atoms with van der Waals surface area (Å²) in [6, 6.07) is 7.55. The average Bonchev–Trinajstić information content (AvgIpc) is 2.80. The van der Waals surface area contributed by atoms with Gasteiger partial charge in [-0.15, -0.1) is 5.10 Å². The Bertz CT molecular complexity index is 570. The van der Waals surface area contributed by atoms with Gasteiger partial charge in [0.1, 0.15) is 6.54 Å². The topological polar surface area (TPSA) is 80.0 Å². The zero-order valence-electron chi connectivity index (χ0n) is 10.1. The van der Waals surface area contributed by atoms with Gasteiger partial charge in [0.2, 0.25) is 5.91 Å². The first-order valence-corrected chi connectivity index (χ1v) is 6.81. The van der Waals surface area contributed by atoms with Crippen molar-refractivity contribution in [1.82, 2.24) is 15.0 Å². The molecular weight excluding hydrogens is 359 g/mol. The number of aliphatic hydroxyl groups excluding tert-OH is 1. The third kappa shape index (κ3) is 4.00. The molecule has 100 valence electrons. The van der Waals surface area contributed by atoms with Crippen molar-refractivity contribution in [2.24, 2.45) is 0 Å². The van der Waals surface area contributed by atoms with E-state index in [9.17, 15) is 4.79 Å². The summed E-state index contributed by atoms with van der Waals surface area (Å²) in [5.41, 5.74) is 1.45. The first-order chi connectivity index (χ1) is 9.19. The van der Waals surface area contributed by atoms with E-state index in [-0.39, 0.29) is 19.1 Å². The zero-order valence-corrected chi connectivity index (χ0v) is 12.2. The van der Waals surface area contributed by atoms with Gasteiger partial charge in [-0.05, 0) is 34.7 Å². The van der Waals surface area contributed by atoms with Crippen LogP contribution in [0.4, 0.5) is 5.69 Å². The fraction of sp³-hybridized carbons (Fsp3) is 0.250. The van der Waals surface area contributed by atoms with Crippen LogP contribution >= 0.6 is 22.6 Å². The van der Waals surface area contributed by atoms with Crippen molar-refractivity contribution < 1.29 is 9.90 Å². The van der Waals surface area contributed by atoms with Gasteiger partial charge < -0.3 is 10.4 Å². The summed E-state index contributed by atoms with van der Waals surface area (Å²) < 4.78 is 2.43. The number of halogens is 1. The molecule has 2 aromatic rings. The predicted octanol–water partition coefficient (Wildman–Crippen LogP) is 1.06. The molecule has 6 nitrogen and oxygen atoms in total. The van der Waals surface area contributed by atoms with E-state index in [2.05, 4.69) is 38.2 Å².